The van der Waals surface area contributed by atoms with Crippen LogP contribution >= 0.6 is 0 Å². The van der Waals surface area contributed by atoms with Gasteiger partial charge in [0.2, 0.25) is 17.7 Å². The summed E-state index contributed by atoms with van der Waals surface area (Å²) in [7, 11) is 0. The quantitative estimate of drug-likeness (QED) is 0.229. The standard InChI is InChI=1S/C19H22N4O5/c24-17(21-11-10-20-15-7-3-4-8-16(15)23(27)28)9-12-22-18(25)13-5-1-2-6-14(13)19(22)26/h1-4,7-8,13-14,20H,5-6,9-12H2,(H,21,24)/t13-,14-/m1/s1. The molecule has 2 N–H and O–H groups in total. The number of anilines is 1. The van der Waals surface area contributed by atoms with Crippen LogP contribution in [0.25, 0.3) is 0 Å². The molecule has 148 valence electrons. The van der Waals surface area contributed by atoms with E-state index in [-0.39, 0.29) is 54.8 Å². The Labute approximate surface area is 161 Å². The number of nitro benzene ring substituents is 1. The lowest BCUT2D eigenvalue weighted by Gasteiger charge is -2.14. The van der Waals surface area contributed by atoms with Crippen molar-refractivity contribution in [1.29, 1.82) is 0 Å². The maximum atomic E-state index is 12.3. The van der Waals surface area contributed by atoms with Crippen LogP contribution < -0.4 is 10.6 Å². The van der Waals surface area contributed by atoms with E-state index in [4.69, 9.17) is 0 Å². The Hall–Kier alpha value is -3.23. The zero-order valence-electron chi connectivity index (χ0n) is 15.3. The zero-order chi connectivity index (χ0) is 20.1. The van der Waals surface area contributed by atoms with Crippen LogP contribution in [0.4, 0.5) is 11.4 Å². The predicted molar refractivity (Wildman–Crippen MR) is 101 cm³/mol. The summed E-state index contributed by atoms with van der Waals surface area (Å²) in [6, 6.07) is 6.26. The van der Waals surface area contributed by atoms with E-state index in [0.717, 1.165) is 0 Å². The lowest BCUT2D eigenvalue weighted by atomic mass is 9.85. The third-order valence-corrected chi connectivity index (χ3v) is 5.02. The molecule has 0 unspecified atom stereocenters. The van der Waals surface area contributed by atoms with Crippen molar-refractivity contribution in [2.75, 3.05) is 25.0 Å². The maximum Gasteiger partial charge on any atom is 0.292 e. The van der Waals surface area contributed by atoms with Gasteiger partial charge in [0.15, 0.2) is 0 Å². The minimum Gasteiger partial charge on any atom is -0.378 e. The Bertz CT molecular complexity index is 796. The molecular weight excluding hydrogens is 364 g/mol. The number of fused-ring (bicyclic) bond motifs is 1. The van der Waals surface area contributed by atoms with Crippen molar-refractivity contribution >= 4 is 29.1 Å². The van der Waals surface area contributed by atoms with Crippen LogP contribution in [0, 0.1) is 22.0 Å². The van der Waals surface area contributed by atoms with E-state index in [2.05, 4.69) is 10.6 Å². The fourth-order valence-electron chi connectivity index (χ4n) is 3.57. The molecule has 1 aliphatic carbocycles. The molecule has 9 nitrogen and oxygen atoms in total. The number of amides is 3. The monoisotopic (exact) mass is 386 g/mol. The number of imide groups is 1. The van der Waals surface area contributed by atoms with Crippen molar-refractivity contribution in [3.63, 3.8) is 0 Å². The van der Waals surface area contributed by atoms with Gasteiger partial charge in [0.25, 0.3) is 5.69 Å². The number of nitrogens with zero attached hydrogens (tertiary/aromatic N) is 2. The van der Waals surface area contributed by atoms with Crippen molar-refractivity contribution in [3.05, 3.63) is 46.5 Å². The van der Waals surface area contributed by atoms with Crippen LogP contribution in [-0.4, -0.2) is 47.2 Å². The molecule has 3 amide bonds. The molecule has 3 rings (SSSR count). The fourth-order valence-corrected chi connectivity index (χ4v) is 3.57. The first-order chi connectivity index (χ1) is 13.5. The number of allylic oxidation sites excluding steroid dienone is 2. The van der Waals surface area contributed by atoms with Gasteiger partial charge in [-0.15, -0.1) is 0 Å². The average Bonchev–Trinajstić information content (AvgIpc) is 2.94. The zero-order valence-corrected chi connectivity index (χ0v) is 15.3. The molecule has 0 aromatic heterocycles. The highest BCUT2D eigenvalue weighted by Crippen LogP contribution is 2.34. The maximum absolute atomic E-state index is 12.3. The summed E-state index contributed by atoms with van der Waals surface area (Å²) in [4.78, 5) is 48.4. The highest BCUT2D eigenvalue weighted by atomic mass is 16.6. The van der Waals surface area contributed by atoms with Gasteiger partial charge >= 0.3 is 0 Å². The van der Waals surface area contributed by atoms with Crippen LogP contribution in [0.5, 0.6) is 0 Å². The first-order valence-corrected chi connectivity index (χ1v) is 9.23. The van der Waals surface area contributed by atoms with Crippen LogP contribution in [0.2, 0.25) is 0 Å². The van der Waals surface area contributed by atoms with E-state index < -0.39 is 4.92 Å². The summed E-state index contributed by atoms with van der Waals surface area (Å²) < 4.78 is 0. The molecule has 1 aliphatic heterocycles. The topological polar surface area (TPSA) is 122 Å². The Kier molecular flexibility index (Phi) is 6.03. The number of hydrogen-bond donors (Lipinski definition) is 2. The average molecular weight is 386 g/mol. The number of nitrogens with one attached hydrogen (secondary N) is 2. The van der Waals surface area contributed by atoms with Gasteiger partial charge in [-0.25, -0.2) is 0 Å². The smallest absolute Gasteiger partial charge is 0.292 e. The molecule has 0 spiro atoms. The Morgan fingerprint density at radius 3 is 2.39 bits per heavy atom. The molecule has 1 aromatic rings. The van der Waals surface area contributed by atoms with Gasteiger partial charge in [-0.1, -0.05) is 24.3 Å². The number of benzene rings is 1. The second-order valence-corrected chi connectivity index (χ2v) is 6.78. The SMILES string of the molecule is O=C(CCN1C(=O)[C@@H]2CC=CC[C@H]2C1=O)NCCNc1ccccc1[N+](=O)[O-]. The van der Waals surface area contributed by atoms with Gasteiger partial charge < -0.3 is 10.6 Å². The molecule has 1 aromatic carbocycles. The minimum atomic E-state index is -0.474. The predicted octanol–water partition coefficient (Wildman–Crippen LogP) is 1.46. The summed E-state index contributed by atoms with van der Waals surface area (Å²) in [5.74, 6) is -1.23. The molecule has 2 aliphatic rings. The lowest BCUT2D eigenvalue weighted by Crippen LogP contribution is -2.36. The van der Waals surface area contributed by atoms with Gasteiger partial charge in [-0.2, -0.15) is 0 Å². The number of nitro groups is 1. The van der Waals surface area contributed by atoms with Crippen LogP contribution in [-0.2, 0) is 14.4 Å². The molecule has 1 fully saturated rings. The van der Waals surface area contributed by atoms with E-state index >= 15 is 0 Å². The fraction of sp³-hybridized carbons (Fsp3) is 0.421. The van der Waals surface area contributed by atoms with Gasteiger partial charge in [-0.05, 0) is 18.9 Å². The third-order valence-electron chi connectivity index (χ3n) is 5.02. The summed E-state index contributed by atoms with van der Waals surface area (Å²) in [6.45, 7) is 0.657. The minimum absolute atomic E-state index is 0.0316. The van der Waals surface area contributed by atoms with E-state index in [0.29, 0.717) is 25.1 Å². The van der Waals surface area contributed by atoms with Crippen molar-refractivity contribution in [2.45, 2.75) is 19.3 Å². The lowest BCUT2D eigenvalue weighted by molar-refractivity contribution is -0.384. The normalized spacial score (nSPS) is 20.8. The van der Waals surface area contributed by atoms with E-state index in [1.165, 1.54) is 11.0 Å². The Balaban J connectivity index is 1.40. The second-order valence-electron chi connectivity index (χ2n) is 6.78. The highest BCUT2D eigenvalue weighted by Gasteiger charge is 2.46. The van der Waals surface area contributed by atoms with Crippen molar-refractivity contribution in [2.24, 2.45) is 11.8 Å². The second kappa shape index (κ2) is 8.64. The Morgan fingerprint density at radius 1 is 1.11 bits per heavy atom. The summed E-state index contributed by atoms with van der Waals surface area (Å²) in [6.07, 6.45) is 5.04. The molecule has 0 radical (unpaired) electrons. The van der Waals surface area contributed by atoms with Crippen LogP contribution in [0.15, 0.2) is 36.4 Å². The number of carbonyl (C=O) groups is 3. The third kappa shape index (κ3) is 4.19. The number of hydrogen-bond acceptors (Lipinski definition) is 6. The molecule has 1 heterocycles. The van der Waals surface area contributed by atoms with Gasteiger partial charge in [-0.3, -0.25) is 29.4 Å². The van der Waals surface area contributed by atoms with E-state index in [1.54, 1.807) is 18.2 Å². The van der Waals surface area contributed by atoms with Crippen LogP contribution in [0.3, 0.4) is 0 Å². The summed E-state index contributed by atoms with van der Waals surface area (Å²) in [5, 5.41) is 16.6. The summed E-state index contributed by atoms with van der Waals surface area (Å²) >= 11 is 0. The number of carbonyl (C=O) groups excluding carboxylic acids is 3. The van der Waals surface area contributed by atoms with E-state index in [9.17, 15) is 24.5 Å². The molecule has 0 bridgehead atoms. The van der Waals surface area contributed by atoms with E-state index in [1.807, 2.05) is 12.2 Å². The number of para-hydroxylation sites is 2. The molecule has 1 saturated heterocycles. The van der Waals surface area contributed by atoms with Crippen molar-refractivity contribution in [1.82, 2.24) is 10.2 Å². The largest absolute Gasteiger partial charge is 0.378 e. The molecular formula is C19H22N4O5. The molecule has 2 atom stereocenters. The Morgan fingerprint density at radius 2 is 1.75 bits per heavy atom. The first-order valence-electron chi connectivity index (χ1n) is 9.23. The number of rotatable bonds is 8. The van der Waals surface area contributed by atoms with Gasteiger partial charge in [0.05, 0.1) is 16.8 Å². The van der Waals surface area contributed by atoms with Crippen LogP contribution in [0.1, 0.15) is 19.3 Å². The van der Waals surface area contributed by atoms with Gasteiger partial charge in [0.1, 0.15) is 5.69 Å². The summed E-state index contributed by atoms with van der Waals surface area (Å²) in [5.41, 5.74) is 0.349. The molecule has 9 heteroatoms. The number of likely N-dealkylation sites (tertiary alicyclic amines) is 1. The molecule has 28 heavy (non-hydrogen) atoms. The first kappa shape index (κ1) is 19.5. The highest BCUT2D eigenvalue weighted by molar-refractivity contribution is 6.05. The molecule has 0 saturated carbocycles. The van der Waals surface area contributed by atoms with Crippen molar-refractivity contribution < 1.29 is 19.3 Å². The van der Waals surface area contributed by atoms with Gasteiger partial charge in [0, 0.05) is 32.1 Å². The van der Waals surface area contributed by atoms with Crippen molar-refractivity contribution in [3.8, 4) is 0 Å².